The Morgan fingerprint density at radius 2 is 1.85 bits per heavy atom. The van der Waals surface area contributed by atoms with Gasteiger partial charge in [-0.05, 0) is 37.6 Å². The van der Waals surface area contributed by atoms with Gasteiger partial charge in [-0.2, -0.15) is 0 Å². The fourth-order valence-electron chi connectivity index (χ4n) is 1.85. The summed E-state index contributed by atoms with van der Waals surface area (Å²) >= 11 is 0. The normalized spacial score (nSPS) is 11.9. The molecule has 2 rings (SSSR count). The Balaban J connectivity index is 2.26. The molecule has 0 aromatic heterocycles. The van der Waals surface area contributed by atoms with Crippen LogP contribution < -0.4 is 4.74 Å². The van der Waals surface area contributed by atoms with Crippen LogP contribution in [0.4, 0.5) is 5.69 Å². The second kappa shape index (κ2) is 5.71. The third-order valence-electron chi connectivity index (χ3n) is 3.04. The number of aliphatic hydroxyl groups excluding tert-OH is 1. The van der Waals surface area contributed by atoms with Gasteiger partial charge in [0.15, 0.2) is 0 Å². The van der Waals surface area contributed by atoms with Gasteiger partial charge in [-0.15, -0.1) is 0 Å². The van der Waals surface area contributed by atoms with E-state index < -0.39 is 11.0 Å². The summed E-state index contributed by atoms with van der Waals surface area (Å²) in [6.45, 7) is 3.33. The summed E-state index contributed by atoms with van der Waals surface area (Å²) < 4.78 is 5.65. The number of nitro groups is 1. The maximum atomic E-state index is 10.9. The molecule has 0 bridgehead atoms. The zero-order valence-electron chi connectivity index (χ0n) is 11.2. The molecule has 0 amide bonds. The number of ether oxygens (including phenoxy) is 1. The van der Waals surface area contributed by atoms with Gasteiger partial charge in [0.05, 0.1) is 16.6 Å². The first-order valence-corrected chi connectivity index (χ1v) is 6.19. The number of nitro benzene ring substituents is 1. The van der Waals surface area contributed by atoms with Gasteiger partial charge in [0.1, 0.15) is 11.5 Å². The lowest BCUT2D eigenvalue weighted by Crippen LogP contribution is -1.95. The van der Waals surface area contributed by atoms with Gasteiger partial charge in [-0.3, -0.25) is 10.1 Å². The van der Waals surface area contributed by atoms with Crippen molar-refractivity contribution < 1.29 is 14.8 Å². The fourth-order valence-corrected chi connectivity index (χ4v) is 1.85. The lowest BCUT2D eigenvalue weighted by molar-refractivity contribution is -0.385. The van der Waals surface area contributed by atoms with Crippen molar-refractivity contribution in [3.05, 3.63) is 63.7 Å². The predicted octanol–water partition coefficient (Wildman–Crippen LogP) is 3.75. The topological polar surface area (TPSA) is 72.6 Å². The number of nitrogens with zero attached hydrogens (tertiary/aromatic N) is 1. The van der Waals surface area contributed by atoms with Gasteiger partial charge < -0.3 is 9.84 Å². The average molecular weight is 273 g/mol. The van der Waals surface area contributed by atoms with Crippen LogP contribution in [0.15, 0.2) is 42.5 Å². The van der Waals surface area contributed by atoms with E-state index in [9.17, 15) is 15.2 Å². The number of benzene rings is 2. The van der Waals surface area contributed by atoms with E-state index in [0.29, 0.717) is 17.1 Å². The number of rotatable bonds is 4. The zero-order chi connectivity index (χ0) is 14.7. The van der Waals surface area contributed by atoms with Crippen molar-refractivity contribution in [3.63, 3.8) is 0 Å². The minimum absolute atomic E-state index is 0.0306. The molecular weight excluding hydrogens is 258 g/mol. The van der Waals surface area contributed by atoms with Gasteiger partial charge >= 0.3 is 0 Å². The highest BCUT2D eigenvalue weighted by molar-refractivity contribution is 5.49. The maximum Gasteiger partial charge on any atom is 0.276 e. The summed E-state index contributed by atoms with van der Waals surface area (Å²) in [6, 6.07) is 11.7. The van der Waals surface area contributed by atoms with E-state index in [4.69, 9.17) is 4.74 Å². The van der Waals surface area contributed by atoms with E-state index in [-0.39, 0.29) is 5.69 Å². The third kappa shape index (κ3) is 2.95. The molecule has 0 radical (unpaired) electrons. The van der Waals surface area contributed by atoms with Crippen molar-refractivity contribution in [3.8, 4) is 11.5 Å². The van der Waals surface area contributed by atoms with Crippen LogP contribution in [0.5, 0.6) is 11.5 Å². The van der Waals surface area contributed by atoms with Gasteiger partial charge in [-0.1, -0.05) is 18.2 Å². The van der Waals surface area contributed by atoms with Crippen molar-refractivity contribution in [2.24, 2.45) is 0 Å². The second-order valence-corrected chi connectivity index (χ2v) is 4.50. The molecule has 0 heterocycles. The molecule has 0 aliphatic carbocycles. The number of hydrogen-bond donors (Lipinski definition) is 1. The minimum atomic E-state index is -0.538. The molecule has 0 aliphatic heterocycles. The summed E-state index contributed by atoms with van der Waals surface area (Å²) in [6.07, 6.45) is -0.538. The molecule has 0 saturated carbocycles. The summed E-state index contributed by atoms with van der Waals surface area (Å²) in [5.41, 5.74) is 1.30. The van der Waals surface area contributed by atoms with Crippen molar-refractivity contribution in [1.29, 1.82) is 0 Å². The molecule has 0 spiro atoms. The molecule has 1 N–H and O–H groups in total. The maximum absolute atomic E-state index is 10.9. The lowest BCUT2D eigenvalue weighted by Gasteiger charge is -2.10. The van der Waals surface area contributed by atoms with Crippen molar-refractivity contribution in [1.82, 2.24) is 0 Å². The van der Waals surface area contributed by atoms with Crippen LogP contribution in [0, 0.1) is 17.0 Å². The number of hydrogen-bond acceptors (Lipinski definition) is 4. The molecule has 5 nitrogen and oxygen atoms in total. The van der Waals surface area contributed by atoms with Crippen LogP contribution in [0.3, 0.4) is 0 Å². The summed E-state index contributed by atoms with van der Waals surface area (Å²) in [7, 11) is 0. The summed E-state index contributed by atoms with van der Waals surface area (Å²) in [5, 5.41) is 20.3. The van der Waals surface area contributed by atoms with E-state index in [1.54, 1.807) is 50.2 Å². The second-order valence-electron chi connectivity index (χ2n) is 4.50. The molecule has 5 heteroatoms. The van der Waals surface area contributed by atoms with E-state index in [1.807, 2.05) is 0 Å². The van der Waals surface area contributed by atoms with E-state index in [0.717, 1.165) is 5.56 Å². The van der Waals surface area contributed by atoms with Gasteiger partial charge in [0.2, 0.25) is 0 Å². The Morgan fingerprint density at radius 3 is 2.40 bits per heavy atom. The molecule has 1 atom stereocenters. The molecular formula is C15H15NO4. The Hall–Kier alpha value is -2.40. The smallest absolute Gasteiger partial charge is 0.276 e. The van der Waals surface area contributed by atoms with Crippen molar-refractivity contribution in [2.45, 2.75) is 20.0 Å². The summed E-state index contributed by atoms with van der Waals surface area (Å²) in [5.74, 6) is 1.02. The third-order valence-corrected chi connectivity index (χ3v) is 3.04. The summed E-state index contributed by atoms with van der Waals surface area (Å²) in [4.78, 5) is 10.4. The van der Waals surface area contributed by atoms with Crippen LogP contribution in [0.25, 0.3) is 0 Å². The monoisotopic (exact) mass is 273 g/mol. The van der Waals surface area contributed by atoms with Gasteiger partial charge in [0, 0.05) is 6.07 Å². The molecule has 0 saturated heterocycles. The van der Waals surface area contributed by atoms with Gasteiger partial charge in [-0.25, -0.2) is 0 Å². The molecule has 2 aromatic carbocycles. The Labute approximate surface area is 116 Å². The Kier molecular flexibility index (Phi) is 4.00. The van der Waals surface area contributed by atoms with E-state index in [1.165, 1.54) is 6.07 Å². The van der Waals surface area contributed by atoms with Crippen LogP contribution in [0.2, 0.25) is 0 Å². The van der Waals surface area contributed by atoms with Gasteiger partial charge in [0.25, 0.3) is 5.69 Å². The van der Waals surface area contributed by atoms with E-state index in [2.05, 4.69) is 0 Å². The first kappa shape index (κ1) is 14.0. The molecule has 0 fully saturated rings. The molecule has 20 heavy (non-hydrogen) atoms. The SMILES string of the molecule is Cc1c(Oc2ccc([C@H](C)O)cc2)cccc1[N+](=O)[O-]. The highest BCUT2D eigenvalue weighted by Gasteiger charge is 2.14. The average Bonchev–Trinajstić information content (AvgIpc) is 2.41. The quantitative estimate of drug-likeness (QED) is 0.680. The minimum Gasteiger partial charge on any atom is -0.457 e. The van der Waals surface area contributed by atoms with Crippen molar-refractivity contribution >= 4 is 5.69 Å². The van der Waals surface area contributed by atoms with Crippen molar-refractivity contribution in [2.75, 3.05) is 0 Å². The molecule has 0 unspecified atom stereocenters. The standard InChI is InChI=1S/C15H15NO4/c1-10-14(16(18)19)4-3-5-15(10)20-13-8-6-12(7-9-13)11(2)17/h3-9,11,17H,1-2H3/t11-/m0/s1. The Bertz CT molecular complexity index is 620. The lowest BCUT2D eigenvalue weighted by atomic mass is 10.1. The number of aliphatic hydroxyl groups is 1. The first-order valence-electron chi connectivity index (χ1n) is 6.19. The van der Waals surface area contributed by atoms with Crippen LogP contribution in [-0.2, 0) is 0 Å². The molecule has 2 aromatic rings. The molecule has 0 aliphatic rings. The first-order chi connectivity index (χ1) is 9.49. The highest BCUT2D eigenvalue weighted by Crippen LogP contribution is 2.31. The van der Waals surface area contributed by atoms with Crippen LogP contribution in [-0.4, -0.2) is 10.0 Å². The Morgan fingerprint density at radius 1 is 1.20 bits per heavy atom. The zero-order valence-corrected chi connectivity index (χ0v) is 11.2. The predicted molar refractivity (Wildman–Crippen MR) is 75.0 cm³/mol. The highest BCUT2D eigenvalue weighted by atomic mass is 16.6. The van der Waals surface area contributed by atoms with Crippen LogP contribution in [0.1, 0.15) is 24.2 Å². The largest absolute Gasteiger partial charge is 0.457 e. The molecule has 104 valence electrons. The fraction of sp³-hybridized carbons (Fsp3) is 0.200. The van der Waals surface area contributed by atoms with E-state index >= 15 is 0 Å². The van der Waals surface area contributed by atoms with Crippen LogP contribution >= 0.6 is 0 Å².